The lowest BCUT2D eigenvalue weighted by molar-refractivity contribution is -0.135. The first-order chi connectivity index (χ1) is 11.2. The summed E-state index contributed by atoms with van der Waals surface area (Å²) in [5.41, 5.74) is 0. The van der Waals surface area contributed by atoms with E-state index in [1.807, 2.05) is 4.90 Å². The lowest BCUT2D eigenvalue weighted by Crippen LogP contribution is -2.44. The molecule has 2 fully saturated rings. The average Bonchev–Trinajstić information content (AvgIpc) is 3.28. The minimum atomic E-state index is -0.133. The molecule has 1 aromatic heterocycles. The second-order valence-corrected chi connectivity index (χ2v) is 6.43. The van der Waals surface area contributed by atoms with Crippen LogP contribution in [0, 0.1) is 0 Å². The second-order valence-electron chi connectivity index (χ2n) is 6.43. The van der Waals surface area contributed by atoms with E-state index in [0.29, 0.717) is 18.3 Å². The van der Waals surface area contributed by atoms with Crippen molar-refractivity contribution in [1.29, 1.82) is 0 Å². The Bertz CT molecular complexity index is 527. The van der Waals surface area contributed by atoms with Crippen molar-refractivity contribution in [3.63, 3.8) is 0 Å². The maximum Gasteiger partial charge on any atom is 0.240 e. The molecular weight excluding hydrogens is 296 g/mol. The Morgan fingerprint density at radius 1 is 1.39 bits per heavy atom. The first-order valence-corrected chi connectivity index (χ1v) is 8.58. The quantitative estimate of drug-likeness (QED) is 0.784. The molecule has 0 N–H and O–H groups in total. The zero-order valence-corrected chi connectivity index (χ0v) is 14.0. The minimum absolute atomic E-state index is 0.0913. The standard InChI is InChI=1S/C16H26N4O3/c1-3-6-15-17-14(18-23-15)11-20-10-12(22-2)9-13(20)16(21)19-7-4-5-8-19/h12-13H,3-11H2,1-2H3/t12-,13-/m0/s1. The van der Waals surface area contributed by atoms with Gasteiger partial charge >= 0.3 is 0 Å². The van der Waals surface area contributed by atoms with E-state index in [1.165, 1.54) is 0 Å². The Hall–Kier alpha value is -1.47. The highest BCUT2D eigenvalue weighted by atomic mass is 16.5. The fourth-order valence-corrected chi connectivity index (χ4v) is 3.46. The Morgan fingerprint density at radius 3 is 2.87 bits per heavy atom. The van der Waals surface area contributed by atoms with Crippen LogP contribution in [-0.2, 0) is 22.5 Å². The number of carbonyl (C=O) groups excluding carboxylic acids is 1. The third-order valence-electron chi connectivity index (χ3n) is 4.72. The van der Waals surface area contributed by atoms with E-state index < -0.39 is 0 Å². The van der Waals surface area contributed by atoms with Crippen molar-refractivity contribution in [1.82, 2.24) is 19.9 Å². The molecule has 7 heteroatoms. The number of methoxy groups -OCH3 is 1. The van der Waals surface area contributed by atoms with Gasteiger partial charge in [-0.15, -0.1) is 0 Å². The van der Waals surface area contributed by atoms with Crippen LogP contribution in [0.15, 0.2) is 4.52 Å². The number of nitrogens with zero attached hydrogens (tertiary/aromatic N) is 4. The summed E-state index contributed by atoms with van der Waals surface area (Å²) in [7, 11) is 1.71. The van der Waals surface area contributed by atoms with Crippen LogP contribution in [0.4, 0.5) is 0 Å². The van der Waals surface area contributed by atoms with E-state index in [9.17, 15) is 4.79 Å². The van der Waals surface area contributed by atoms with Gasteiger partial charge in [-0.1, -0.05) is 12.1 Å². The Balaban J connectivity index is 1.67. The summed E-state index contributed by atoms with van der Waals surface area (Å²) in [6.45, 7) is 5.11. The largest absolute Gasteiger partial charge is 0.380 e. The highest BCUT2D eigenvalue weighted by Gasteiger charge is 2.39. The molecule has 0 radical (unpaired) electrons. The smallest absolute Gasteiger partial charge is 0.240 e. The van der Waals surface area contributed by atoms with Crippen LogP contribution < -0.4 is 0 Å². The van der Waals surface area contributed by atoms with E-state index in [-0.39, 0.29) is 18.1 Å². The van der Waals surface area contributed by atoms with E-state index in [2.05, 4.69) is 22.0 Å². The number of aromatic nitrogens is 2. The third-order valence-corrected chi connectivity index (χ3v) is 4.72. The van der Waals surface area contributed by atoms with Gasteiger partial charge < -0.3 is 14.2 Å². The summed E-state index contributed by atoms with van der Waals surface area (Å²) < 4.78 is 10.7. The molecule has 0 aromatic carbocycles. The van der Waals surface area contributed by atoms with Crippen LogP contribution in [0.1, 0.15) is 44.3 Å². The molecule has 3 heterocycles. The van der Waals surface area contributed by atoms with Crippen LogP contribution >= 0.6 is 0 Å². The number of hydrogen-bond donors (Lipinski definition) is 0. The summed E-state index contributed by atoms with van der Waals surface area (Å²) in [4.78, 5) is 21.3. The number of carbonyl (C=O) groups is 1. The molecule has 0 saturated carbocycles. The molecule has 0 spiro atoms. The van der Waals surface area contributed by atoms with Crippen molar-refractivity contribution in [2.24, 2.45) is 0 Å². The Morgan fingerprint density at radius 2 is 2.17 bits per heavy atom. The van der Waals surface area contributed by atoms with Gasteiger partial charge in [0, 0.05) is 33.2 Å². The summed E-state index contributed by atoms with van der Waals surface area (Å²) in [5.74, 6) is 1.55. The third kappa shape index (κ3) is 3.72. The van der Waals surface area contributed by atoms with Crippen molar-refractivity contribution in [2.45, 2.75) is 57.7 Å². The van der Waals surface area contributed by atoms with E-state index >= 15 is 0 Å². The highest BCUT2D eigenvalue weighted by Crippen LogP contribution is 2.25. The fourth-order valence-electron chi connectivity index (χ4n) is 3.46. The van der Waals surface area contributed by atoms with Gasteiger partial charge in [0.15, 0.2) is 5.82 Å². The first kappa shape index (κ1) is 16.4. The second kappa shape index (κ2) is 7.40. The Labute approximate surface area is 137 Å². The highest BCUT2D eigenvalue weighted by molar-refractivity contribution is 5.82. The summed E-state index contributed by atoms with van der Waals surface area (Å²) in [6, 6.07) is -0.133. The molecule has 3 rings (SSSR count). The molecular formula is C16H26N4O3. The van der Waals surface area contributed by atoms with Gasteiger partial charge in [0.1, 0.15) is 0 Å². The lowest BCUT2D eigenvalue weighted by Gasteiger charge is -2.26. The molecule has 2 saturated heterocycles. The predicted octanol–water partition coefficient (Wildman–Crippen LogP) is 1.23. The summed E-state index contributed by atoms with van der Waals surface area (Å²) in [5, 5.41) is 4.05. The van der Waals surface area contributed by atoms with E-state index in [1.54, 1.807) is 7.11 Å². The molecule has 2 aliphatic rings. The molecule has 23 heavy (non-hydrogen) atoms. The number of ether oxygens (including phenoxy) is 1. The first-order valence-electron chi connectivity index (χ1n) is 8.58. The van der Waals surface area contributed by atoms with E-state index in [4.69, 9.17) is 9.26 Å². The zero-order chi connectivity index (χ0) is 16.2. The van der Waals surface area contributed by atoms with E-state index in [0.717, 1.165) is 51.7 Å². The molecule has 0 aliphatic carbocycles. The number of amides is 1. The van der Waals surface area contributed by atoms with Gasteiger partial charge in [0.2, 0.25) is 11.8 Å². The van der Waals surface area contributed by atoms with Crippen LogP contribution in [0.25, 0.3) is 0 Å². The van der Waals surface area contributed by atoms with Crippen molar-refractivity contribution in [3.8, 4) is 0 Å². The topological polar surface area (TPSA) is 71.7 Å². The van der Waals surface area contributed by atoms with Gasteiger partial charge in [-0.2, -0.15) is 4.98 Å². The minimum Gasteiger partial charge on any atom is -0.380 e. The summed E-state index contributed by atoms with van der Waals surface area (Å²) in [6.07, 6.45) is 4.82. The van der Waals surface area contributed by atoms with Crippen molar-refractivity contribution in [3.05, 3.63) is 11.7 Å². The predicted molar refractivity (Wildman–Crippen MR) is 83.7 cm³/mol. The van der Waals surface area contributed by atoms with Crippen LogP contribution in [0.3, 0.4) is 0 Å². The maximum absolute atomic E-state index is 12.8. The monoisotopic (exact) mass is 322 g/mol. The molecule has 0 bridgehead atoms. The maximum atomic E-state index is 12.8. The number of likely N-dealkylation sites (tertiary alicyclic amines) is 2. The number of aryl methyl sites for hydroxylation is 1. The molecule has 2 atom stereocenters. The number of rotatable bonds is 6. The SMILES string of the molecule is CCCc1nc(CN2C[C@@H](OC)C[C@H]2C(=O)N2CCCC2)no1. The molecule has 2 aliphatic heterocycles. The van der Waals surface area contributed by atoms with Gasteiger partial charge in [0.05, 0.1) is 18.7 Å². The Kier molecular flexibility index (Phi) is 5.27. The van der Waals surface area contributed by atoms with Crippen molar-refractivity contribution < 1.29 is 14.1 Å². The van der Waals surface area contributed by atoms with Crippen LogP contribution in [-0.4, -0.2) is 64.7 Å². The van der Waals surface area contributed by atoms with Gasteiger partial charge in [-0.3, -0.25) is 9.69 Å². The van der Waals surface area contributed by atoms with Gasteiger partial charge in [-0.05, 0) is 25.7 Å². The molecule has 0 unspecified atom stereocenters. The van der Waals surface area contributed by atoms with Crippen LogP contribution in [0.5, 0.6) is 0 Å². The molecule has 128 valence electrons. The van der Waals surface area contributed by atoms with Gasteiger partial charge in [0.25, 0.3) is 0 Å². The average molecular weight is 322 g/mol. The van der Waals surface area contributed by atoms with Crippen LogP contribution in [0.2, 0.25) is 0 Å². The molecule has 7 nitrogen and oxygen atoms in total. The fraction of sp³-hybridized carbons (Fsp3) is 0.812. The van der Waals surface area contributed by atoms with Crippen molar-refractivity contribution in [2.75, 3.05) is 26.7 Å². The summed E-state index contributed by atoms with van der Waals surface area (Å²) >= 11 is 0. The zero-order valence-electron chi connectivity index (χ0n) is 14.0. The lowest BCUT2D eigenvalue weighted by atomic mass is 10.1. The molecule has 1 aromatic rings. The van der Waals surface area contributed by atoms with Gasteiger partial charge in [-0.25, -0.2) is 0 Å². The number of hydrogen-bond acceptors (Lipinski definition) is 6. The normalized spacial score (nSPS) is 25.4. The molecule has 1 amide bonds. The van der Waals surface area contributed by atoms with Crippen molar-refractivity contribution >= 4 is 5.91 Å².